The van der Waals surface area contributed by atoms with E-state index in [0.29, 0.717) is 5.25 Å². The molecule has 64 valence electrons. The van der Waals surface area contributed by atoms with Crippen molar-refractivity contribution >= 4 is 12.6 Å². The summed E-state index contributed by atoms with van der Waals surface area (Å²) in [7, 11) is 2.23. The summed E-state index contributed by atoms with van der Waals surface area (Å²) in [5.74, 6) is 0.789. The molecule has 2 heterocycles. The van der Waals surface area contributed by atoms with Crippen molar-refractivity contribution in [2.45, 2.75) is 17.7 Å². The van der Waals surface area contributed by atoms with Gasteiger partial charge in [0.1, 0.15) is 0 Å². The van der Waals surface area contributed by atoms with E-state index in [-0.39, 0.29) is 0 Å². The van der Waals surface area contributed by atoms with Crippen molar-refractivity contribution in [3.05, 3.63) is 0 Å². The summed E-state index contributed by atoms with van der Waals surface area (Å²) in [4.78, 5) is 2.47. The van der Waals surface area contributed by atoms with Crippen LogP contribution in [0.2, 0.25) is 0 Å². The van der Waals surface area contributed by atoms with Crippen molar-refractivity contribution in [1.82, 2.24) is 10.2 Å². The number of likely N-dealkylation sites (tertiary alicyclic amines) is 1. The Bertz CT molecular complexity index is 135. The molecule has 2 aliphatic heterocycles. The number of thiol groups is 1. The molecule has 0 amide bonds. The van der Waals surface area contributed by atoms with E-state index in [9.17, 15) is 0 Å². The van der Waals surface area contributed by atoms with Crippen LogP contribution in [-0.2, 0) is 0 Å². The highest BCUT2D eigenvalue weighted by Gasteiger charge is 2.37. The second-order valence-electron chi connectivity index (χ2n) is 3.73. The first-order valence-corrected chi connectivity index (χ1v) is 4.89. The van der Waals surface area contributed by atoms with Crippen molar-refractivity contribution in [2.24, 2.45) is 5.92 Å². The van der Waals surface area contributed by atoms with Gasteiger partial charge in [0.05, 0.1) is 0 Å². The summed E-state index contributed by atoms with van der Waals surface area (Å²) in [6.45, 7) is 3.55. The molecular weight excluding hydrogens is 156 g/mol. The summed E-state index contributed by atoms with van der Waals surface area (Å²) < 4.78 is 0. The molecule has 3 unspecified atom stereocenters. The van der Waals surface area contributed by atoms with Crippen LogP contribution in [0.5, 0.6) is 0 Å². The molecule has 0 aromatic carbocycles. The Morgan fingerprint density at radius 3 is 3.00 bits per heavy atom. The molecule has 0 aliphatic carbocycles. The number of hydrogen-bond donors (Lipinski definition) is 2. The quantitative estimate of drug-likeness (QED) is 0.508. The number of nitrogens with zero attached hydrogens (tertiary/aromatic N) is 1. The van der Waals surface area contributed by atoms with Gasteiger partial charge in [0.25, 0.3) is 0 Å². The monoisotopic (exact) mass is 172 g/mol. The molecule has 3 atom stereocenters. The number of likely N-dealkylation sites (N-methyl/N-ethyl adjacent to an activating group) is 1. The number of rotatable bonds is 0. The zero-order chi connectivity index (χ0) is 7.84. The minimum Gasteiger partial charge on any atom is -0.315 e. The van der Waals surface area contributed by atoms with Crippen molar-refractivity contribution in [2.75, 3.05) is 26.7 Å². The SMILES string of the molecule is CN1CCC(S)C2CNCC21. The molecule has 0 aromatic heterocycles. The summed E-state index contributed by atoms with van der Waals surface area (Å²) in [5.41, 5.74) is 0. The molecule has 0 saturated carbocycles. The van der Waals surface area contributed by atoms with E-state index in [4.69, 9.17) is 0 Å². The van der Waals surface area contributed by atoms with Crippen LogP contribution in [-0.4, -0.2) is 42.9 Å². The molecule has 2 rings (SSSR count). The van der Waals surface area contributed by atoms with Gasteiger partial charge in [-0.2, -0.15) is 12.6 Å². The van der Waals surface area contributed by atoms with Crippen LogP contribution in [0.1, 0.15) is 6.42 Å². The smallest absolute Gasteiger partial charge is 0.0268 e. The van der Waals surface area contributed by atoms with Crippen LogP contribution >= 0.6 is 12.6 Å². The fraction of sp³-hybridized carbons (Fsp3) is 1.00. The third-order valence-corrected chi connectivity index (χ3v) is 3.71. The van der Waals surface area contributed by atoms with Gasteiger partial charge in [-0.05, 0) is 25.9 Å². The van der Waals surface area contributed by atoms with Gasteiger partial charge < -0.3 is 10.2 Å². The number of nitrogens with one attached hydrogen (secondary N) is 1. The molecule has 0 spiro atoms. The molecule has 2 nitrogen and oxygen atoms in total. The average Bonchev–Trinajstić information content (AvgIpc) is 2.45. The molecule has 2 saturated heterocycles. The maximum atomic E-state index is 4.61. The largest absolute Gasteiger partial charge is 0.315 e. The minimum absolute atomic E-state index is 0.631. The van der Waals surface area contributed by atoms with E-state index < -0.39 is 0 Å². The van der Waals surface area contributed by atoms with Crippen LogP contribution in [0.4, 0.5) is 0 Å². The Kier molecular flexibility index (Phi) is 2.12. The summed E-state index contributed by atoms with van der Waals surface area (Å²) in [6, 6.07) is 0.756. The first-order chi connectivity index (χ1) is 5.29. The Hall–Kier alpha value is 0.270. The lowest BCUT2D eigenvalue weighted by Crippen LogP contribution is -2.47. The third kappa shape index (κ3) is 1.30. The van der Waals surface area contributed by atoms with Crippen LogP contribution in [0.3, 0.4) is 0 Å². The van der Waals surface area contributed by atoms with Gasteiger partial charge in [-0.15, -0.1) is 0 Å². The average molecular weight is 172 g/mol. The third-order valence-electron chi connectivity index (χ3n) is 3.07. The summed E-state index contributed by atoms with van der Waals surface area (Å²) >= 11 is 4.61. The van der Waals surface area contributed by atoms with Gasteiger partial charge in [0.15, 0.2) is 0 Å². The first-order valence-electron chi connectivity index (χ1n) is 4.38. The van der Waals surface area contributed by atoms with Gasteiger partial charge in [0, 0.05) is 24.4 Å². The normalized spacial score (nSPS) is 45.8. The minimum atomic E-state index is 0.631. The highest BCUT2D eigenvalue weighted by atomic mass is 32.1. The molecule has 0 radical (unpaired) electrons. The molecular formula is C8H16N2S. The lowest BCUT2D eigenvalue weighted by Gasteiger charge is -2.37. The Balaban J connectivity index is 2.08. The van der Waals surface area contributed by atoms with E-state index in [2.05, 4.69) is 29.9 Å². The molecule has 0 bridgehead atoms. The van der Waals surface area contributed by atoms with Crippen molar-refractivity contribution < 1.29 is 0 Å². The number of hydrogen-bond acceptors (Lipinski definition) is 3. The van der Waals surface area contributed by atoms with E-state index >= 15 is 0 Å². The molecule has 11 heavy (non-hydrogen) atoms. The Morgan fingerprint density at radius 2 is 2.27 bits per heavy atom. The molecule has 1 N–H and O–H groups in total. The Morgan fingerprint density at radius 1 is 1.45 bits per heavy atom. The fourth-order valence-corrected chi connectivity index (χ4v) is 2.70. The van der Waals surface area contributed by atoms with Crippen molar-refractivity contribution in [3.63, 3.8) is 0 Å². The van der Waals surface area contributed by atoms with E-state index in [0.717, 1.165) is 18.5 Å². The van der Waals surface area contributed by atoms with Gasteiger partial charge in [-0.3, -0.25) is 0 Å². The van der Waals surface area contributed by atoms with E-state index in [1.807, 2.05) is 0 Å². The van der Waals surface area contributed by atoms with E-state index in [1.165, 1.54) is 19.5 Å². The number of piperidine rings is 1. The predicted octanol–water partition coefficient (Wildman–Crippen LogP) is 0.208. The maximum absolute atomic E-state index is 4.61. The van der Waals surface area contributed by atoms with Gasteiger partial charge in [-0.25, -0.2) is 0 Å². The molecule has 0 aromatic rings. The summed E-state index contributed by atoms with van der Waals surface area (Å²) in [5, 5.41) is 4.07. The van der Waals surface area contributed by atoms with Crippen LogP contribution < -0.4 is 5.32 Å². The lowest BCUT2D eigenvalue weighted by molar-refractivity contribution is 0.164. The second kappa shape index (κ2) is 2.96. The van der Waals surface area contributed by atoms with Gasteiger partial charge >= 0.3 is 0 Å². The topological polar surface area (TPSA) is 15.3 Å². The molecule has 2 fully saturated rings. The highest BCUT2D eigenvalue weighted by molar-refractivity contribution is 7.81. The van der Waals surface area contributed by atoms with Crippen molar-refractivity contribution in [1.29, 1.82) is 0 Å². The maximum Gasteiger partial charge on any atom is 0.0268 e. The second-order valence-corrected chi connectivity index (χ2v) is 4.39. The van der Waals surface area contributed by atoms with Crippen molar-refractivity contribution in [3.8, 4) is 0 Å². The molecule has 2 aliphatic rings. The molecule has 3 heteroatoms. The zero-order valence-electron chi connectivity index (χ0n) is 6.95. The predicted molar refractivity (Wildman–Crippen MR) is 50.2 cm³/mol. The van der Waals surface area contributed by atoms with E-state index in [1.54, 1.807) is 0 Å². The zero-order valence-corrected chi connectivity index (χ0v) is 7.85. The summed E-state index contributed by atoms with van der Waals surface area (Å²) in [6.07, 6.45) is 1.25. The highest BCUT2D eigenvalue weighted by Crippen LogP contribution is 2.28. The van der Waals surface area contributed by atoms with Crippen LogP contribution in [0.15, 0.2) is 0 Å². The fourth-order valence-electron chi connectivity index (χ4n) is 2.28. The van der Waals surface area contributed by atoms with Crippen LogP contribution in [0, 0.1) is 5.92 Å². The van der Waals surface area contributed by atoms with Gasteiger partial charge in [-0.1, -0.05) is 0 Å². The first kappa shape index (κ1) is 7.90. The van der Waals surface area contributed by atoms with Gasteiger partial charge in [0.2, 0.25) is 0 Å². The van der Waals surface area contributed by atoms with Crippen LogP contribution in [0.25, 0.3) is 0 Å². The number of fused-ring (bicyclic) bond motifs is 1. The standard InChI is InChI=1S/C8H16N2S/c1-10-3-2-8(11)6-4-9-5-7(6)10/h6-9,11H,2-5H2,1H3. The lowest BCUT2D eigenvalue weighted by atomic mass is 9.92. The Labute approximate surface area is 73.7 Å².